The summed E-state index contributed by atoms with van der Waals surface area (Å²) in [6.07, 6.45) is 1.55. The van der Waals surface area contributed by atoms with Crippen molar-refractivity contribution in [2.24, 2.45) is 7.05 Å². The molecule has 2 aromatic heterocycles. The van der Waals surface area contributed by atoms with E-state index in [0.717, 1.165) is 11.3 Å². The predicted octanol–water partition coefficient (Wildman–Crippen LogP) is 1.71. The van der Waals surface area contributed by atoms with E-state index in [0.29, 0.717) is 5.82 Å². The van der Waals surface area contributed by atoms with Gasteiger partial charge in [-0.15, -0.1) is 0 Å². The summed E-state index contributed by atoms with van der Waals surface area (Å²) < 4.78 is 7.56. The van der Waals surface area contributed by atoms with Gasteiger partial charge < -0.3 is 10.1 Å². The first-order valence-electron chi connectivity index (χ1n) is 7.58. The molecular formula is C17H17N5O3. The number of aromatic nitrogens is 4. The van der Waals surface area contributed by atoms with E-state index in [4.69, 9.17) is 0 Å². The molecule has 0 saturated heterocycles. The highest BCUT2D eigenvalue weighted by molar-refractivity contribution is 5.90. The zero-order chi connectivity index (χ0) is 17.8. The van der Waals surface area contributed by atoms with Crippen LogP contribution in [0, 0.1) is 0 Å². The van der Waals surface area contributed by atoms with Crippen molar-refractivity contribution in [3.8, 4) is 11.3 Å². The van der Waals surface area contributed by atoms with Gasteiger partial charge in [-0.05, 0) is 6.07 Å². The molecule has 0 fully saturated rings. The lowest BCUT2D eigenvalue weighted by Gasteiger charge is -2.05. The summed E-state index contributed by atoms with van der Waals surface area (Å²) >= 11 is 0. The van der Waals surface area contributed by atoms with Crippen LogP contribution in [-0.4, -0.2) is 38.5 Å². The van der Waals surface area contributed by atoms with Gasteiger partial charge in [0.2, 0.25) is 5.91 Å². The van der Waals surface area contributed by atoms with Crippen molar-refractivity contribution < 1.29 is 14.3 Å². The lowest BCUT2D eigenvalue weighted by atomic mass is 10.2. The summed E-state index contributed by atoms with van der Waals surface area (Å²) in [7, 11) is 3.03. The molecule has 25 heavy (non-hydrogen) atoms. The molecule has 128 valence electrons. The number of carbonyl (C=O) groups is 2. The Morgan fingerprint density at radius 1 is 1.16 bits per heavy atom. The highest BCUT2D eigenvalue weighted by Gasteiger charge is 2.13. The number of amides is 1. The van der Waals surface area contributed by atoms with E-state index >= 15 is 0 Å². The SMILES string of the molecule is COC(=O)c1ccn(CC(=O)Nc2cc(-c3ccccc3)nn2C)n1. The predicted molar refractivity (Wildman–Crippen MR) is 90.8 cm³/mol. The lowest BCUT2D eigenvalue weighted by Crippen LogP contribution is -2.21. The topological polar surface area (TPSA) is 91.0 Å². The number of carbonyl (C=O) groups excluding carboxylic acids is 2. The summed E-state index contributed by atoms with van der Waals surface area (Å²) in [6, 6.07) is 13.0. The van der Waals surface area contributed by atoms with E-state index in [1.165, 1.54) is 17.9 Å². The summed E-state index contributed by atoms with van der Waals surface area (Å²) in [5.74, 6) is -0.246. The van der Waals surface area contributed by atoms with E-state index < -0.39 is 5.97 Å². The molecule has 1 aromatic carbocycles. The molecule has 0 atom stereocenters. The van der Waals surface area contributed by atoms with E-state index in [2.05, 4.69) is 20.3 Å². The Labute approximate surface area is 144 Å². The number of anilines is 1. The number of rotatable bonds is 5. The van der Waals surface area contributed by atoms with Crippen molar-refractivity contribution in [3.05, 3.63) is 54.4 Å². The molecule has 3 aromatic rings. The first-order chi connectivity index (χ1) is 12.1. The van der Waals surface area contributed by atoms with Crippen LogP contribution in [0.5, 0.6) is 0 Å². The van der Waals surface area contributed by atoms with Crippen LogP contribution in [0.25, 0.3) is 11.3 Å². The molecule has 0 aliphatic heterocycles. The minimum Gasteiger partial charge on any atom is -0.464 e. The number of aryl methyl sites for hydroxylation is 1. The lowest BCUT2D eigenvalue weighted by molar-refractivity contribution is -0.117. The van der Waals surface area contributed by atoms with Gasteiger partial charge in [-0.2, -0.15) is 10.2 Å². The molecule has 0 unspecified atom stereocenters. The summed E-state index contributed by atoms with van der Waals surface area (Å²) in [6.45, 7) is -0.0250. The normalized spacial score (nSPS) is 10.5. The number of ether oxygens (including phenoxy) is 1. The Morgan fingerprint density at radius 2 is 1.92 bits per heavy atom. The van der Waals surface area contributed by atoms with Crippen LogP contribution in [0.15, 0.2) is 48.7 Å². The number of hydrogen-bond acceptors (Lipinski definition) is 5. The Balaban J connectivity index is 1.68. The fraction of sp³-hybridized carbons (Fsp3) is 0.176. The summed E-state index contributed by atoms with van der Waals surface area (Å²) in [5, 5.41) is 11.2. The largest absolute Gasteiger partial charge is 0.464 e. The Hall–Kier alpha value is -3.42. The summed E-state index contributed by atoms with van der Waals surface area (Å²) in [4.78, 5) is 23.6. The maximum absolute atomic E-state index is 12.2. The second kappa shape index (κ2) is 7.00. The second-order valence-corrected chi connectivity index (χ2v) is 5.34. The number of hydrogen-bond donors (Lipinski definition) is 1. The zero-order valence-corrected chi connectivity index (χ0v) is 13.8. The van der Waals surface area contributed by atoms with E-state index in [-0.39, 0.29) is 18.1 Å². The van der Waals surface area contributed by atoms with E-state index in [1.54, 1.807) is 24.0 Å². The highest BCUT2D eigenvalue weighted by atomic mass is 16.5. The molecule has 2 heterocycles. The van der Waals surface area contributed by atoms with E-state index in [9.17, 15) is 9.59 Å². The maximum atomic E-state index is 12.2. The Bertz CT molecular complexity index is 898. The first kappa shape index (κ1) is 16.4. The molecule has 0 spiro atoms. The number of methoxy groups -OCH3 is 1. The fourth-order valence-electron chi connectivity index (χ4n) is 2.33. The average Bonchev–Trinajstić information content (AvgIpc) is 3.22. The van der Waals surface area contributed by atoms with Gasteiger partial charge in [0.1, 0.15) is 12.4 Å². The number of esters is 1. The Kier molecular flexibility index (Phi) is 4.60. The smallest absolute Gasteiger partial charge is 0.358 e. The van der Waals surface area contributed by atoms with Gasteiger partial charge in [-0.25, -0.2) is 4.79 Å². The van der Waals surface area contributed by atoms with Crippen LogP contribution in [-0.2, 0) is 23.1 Å². The maximum Gasteiger partial charge on any atom is 0.358 e. The van der Waals surface area contributed by atoms with Crippen LogP contribution < -0.4 is 5.32 Å². The van der Waals surface area contributed by atoms with Gasteiger partial charge in [0.05, 0.1) is 12.8 Å². The number of nitrogens with zero attached hydrogens (tertiary/aromatic N) is 4. The highest BCUT2D eigenvalue weighted by Crippen LogP contribution is 2.20. The molecule has 0 aliphatic carbocycles. The molecule has 3 rings (SSSR count). The Morgan fingerprint density at radius 3 is 2.64 bits per heavy atom. The average molecular weight is 339 g/mol. The second-order valence-electron chi connectivity index (χ2n) is 5.34. The van der Waals surface area contributed by atoms with Crippen LogP contribution in [0.3, 0.4) is 0 Å². The van der Waals surface area contributed by atoms with Crippen molar-refractivity contribution in [1.82, 2.24) is 19.6 Å². The molecule has 8 heteroatoms. The molecule has 8 nitrogen and oxygen atoms in total. The number of nitrogens with one attached hydrogen (secondary N) is 1. The minimum atomic E-state index is -0.543. The molecule has 0 aliphatic rings. The van der Waals surface area contributed by atoms with Crippen LogP contribution in [0.2, 0.25) is 0 Å². The molecule has 1 N–H and O–H groups in total. The fourth-order valence-corrected chi connectivity index (χ4v) is 2.33. The van der Waals surface area contributed by atoms with Crippen LogP contribution >= 0.6 is 0 Å². The third-order valence-corrected chi connectivity index (χ3v) is 3.56. The van der Waals surface area contributed by atoms with Crippen LogP contribution in [0.4, 0.5) is 5.82 Å². The van der Waals surface area contributed by atoms with Gasteiger partial charge in [-0.1, -0.05) is 30.3 Å². The monoisotopic (exact) mass is 339 g/mol. The zero-order valence-electron chi connectivity index (χ0n) is 13.8. The van der Waals surface area contributed by atoms with Gasteiger partial charge in [-0.3, -0.25) is 14.2 Å². The van der Waals surface area contributed by atoms with Crippen molar-refractivity contribution in [3.63, 3.8) is 0 Å². The molecule has 0 radical (unpaired) electrons. The molecular weight excluding hydrogens is 322 g/mol. The van der Waals surface area contributed by atoms with E-state index in [1.807, 2.05) is 30.3 Å². The van der Waals surface area contributed by atoms with Gasteiger partial charge in [0.25, 0.3) is 0 Å². The summed E-state index contributed by atoms with van der Waals surface area (Å²) in [5.41, 5.74) is 1.89. The minimum absolute atomic E-state index is 0.0250. The molecule has 1 amide bonds. The third-order valence-electron chi connectivity index (χ3n) is 3.56. The molecule has 0 bridgehead atoms. The van der Waals surface area contributed by atoms with Crippen molar-refractivity contribution >= 4 is 17.7 Å². The van der Waals surface area contributed by atoms with Crippen molar-refractivity contribution in [2.45, 2.75) is 6.54 Å². The third kappa shape index (κ3) is 3.74. The van der Waals surface area contributed by atoms with Crippen LogP contribution in [0.1, 0.15) is 10.5 Å². The van der Waals surface area contributed by atoms with Gasteiger partial charge >= 0.3 is 5.97 Å². The van der Waals surface area contributed by atoms with Crippen molar-refractivity contribution in [1.29, 1.82) is 0 Å². The van der Waals surface area contributed by atoms with Crippen molar-refractivity contribution in [2.75, 3.05) is 12.4 Å². The van der Waals surface area contributed by atoms with Gasteiger partial charge in [0, 0.05) is 24.9 Å². The molecule has 0 saturated carbocycles. The van der Waals surface area contributed by atoms with Gasteiger partial charge in [0.15, 0.2) is 5.69 Å². The first-order valence-corrected chi connectivity index (χ1v) is 7.58. The standard InChI is InChI=1S/C17H17N5O3/c1-21-15(10-14(19-21)12-6-4-3-5-7-12)18-16(23)11-22-9-8-13(20-22)17(24)25-2/h3-10H,11H2,1-2H3,(H,18,23). The number of benzene rings is 1. The quantitative estimate of drug-likeness (QED) is 0.715.